The Hall–Kier alpha value is -0.230. The summed E-state index contributed by atoms with van der Waals surface area (Å²) in [5, 5.41) is 26.3. The summed E-state index contributed by atoms with van der Waals surface area (Å²) in [6.07, 6.45) is -6.16. The SMILES string of the molecule is O[C@@H]1[C@H](O)COC(F)[C@H]1O. The highest BCUT2D eigenvalue weighted by atomic mass is 19.1. The van der Waals surface area contributed by atoms with Gasteiger partial charge < -0.3 is 20.1 Å². The second-order valence-corrected chi connectivity index (χ2v) is 2.23. The van der Waals surface area contributed by atoms with E-state index in [0.717, 1.165) is 0 Å². The summed E-state index contributed by atoms with van der Waals surface area (Å²) >= 11 is 0. The molecule has 0 aliphatic carbocycles. The van der Waals surface area contributed by atoms with Crippen molar-refractivity contribution in [2.45, 2.75) is 24.7 Å². The highest BCUT2D eigenvalue weighted by Crippen LogP contribution is 2.15. The summed E-state index contributed by atoms with van der Waals surface area (Å²) in [5.41, 5.74) is 0. The number of ether oxygens (including phenoxy) is 1. The summed E-state index contributed by atoms with van der Waals surface area (Å²) in [7, 11) is 0. The number of hydrogen-bond donors (Lipinski definition) is 3. The molecule has 10 heavy (non-hydrogen) atoms. The molecule has 4 atom stereocenters. The predicted octanol–water partition coefficient (Wildman–Crippen LogP) is -1.61. The molecule has 0 saturated carbocycles. The zero-order chi connectivity index (χ0) is 7.72. The normalized spacial score (nSPS) is 49.2. The molecular weight excluding hydrogens is 143 g/mol. The first-order valence-electron chi connectivity index (χ1n) is 2.93. The smallest absolute Gasteiger partial charge is 0.227 e. The molecule has 1 heterocycles. The summed E-state index contributed by atoms with van der Waals surface area (Å²) < 4.78 is 16.5. The standard InChI is InChI=1S/C5H9FO4/c6-5-4(9)3(8)2(7)1-10-5/h2-5,7-9H,1H2/t2-,3-,4+,5?/m1/s1. The summed E-state index contributed by atoms with van der Waals surface area (Å²) in [6.45, 7) is -0.278. The third kappa shape index (κ3) is 1.27. The van der Waals surface area contributed by atoms with Crippen molar-refractivity contribution in [1.82, 2.24) is 0 Å². The monoisotopic (exact) mass is 152 g/mol. The van der Waals surface area contributed by atoms with Crippen LogP contribution in [-0.2, 0) is 4.74 Å². The van der Waals surface area contributed by atoms with Crippen molar-refractivity contribution in [2.75, 3.05) is 6.61 Å². The van der Waals surface area contributed by atoms with E-state index in [1.54, 1.807) is 0 Å². The highest BCUT2D eigenvalue weighted by molar-refractivity contribution is 4.81. The molecule has 1 saturated heterocycles. The van der Waals surface area contributed by atoms with Crippen LogP contribution in [-0.4, -0.2) is 46.6 Å². The Morgan fingerprint density at radius 1 is 1.20 bits per heavy atom. The average Bonchev–Trinajstić information content (AvgIpc) is 1.93. The molecule has 4 nitrogen and oxygen atoms in total. The summed E-state index contributed by atoms with van der Waals surface area (Å²) in [5.74, 6) is 0. The van der Waals surface area contributed by atoms with Crippen molar-refractivity contribution in [1.29, 1.82) is 0 Å². The van der Waals surface area contributed by atoms with Crippen LogP contribution < -0.4 is 0 Å². The molecule has 0 aromatic heterocycles. The Morgan fingerprint density at radius 2 is 1.80 bits per heavy atom. The van der Waals surface area contributed by atoms with Crippen molar-refractivity contribution >= 4 is 0 Å². The molecule has 3 N–H and O–H groups in total. The van der Waals surface area contributed by atoms with Crippen LogP contribution in [0.2, 0.25) is 0 Å². The molecular formula is C5H9FO4. The van der Waals surface area contributed by atoms with Crippen LogP contribution in [0.3, 0.4) is 0 Å². The molecule has 1 rings (SSSR count). The van der Waals surface area contributed by atoms with Crippen LogP contribution >= 0.6 is 0 Å². The molecule has 0 aromatic carbocycles. The Kier molecular flexibility index (Phi) is 2.20. The van der Waals surface area contributed by atoms with Crippen molar-refractivity contribution in [3.05, 3.63) is 0 Å². The molecule has 0 amide bonds. The van der Waals surface area contributed by atoms with Gasteiger partial charge in [-0.3, -0.25) is 0 Å². The van der Waals surface area contributed by atoms with Gasteiger partial charge in [-0.05, 0) is 0 Å². The van der Waals surface area contributed by atoms with E-state index in [4.69, 9.17) is 15.3 Å². The molecule has 1 aliphatic heterocycles. The van der Waals surface area contributed by atoms with E-state index in [9.17, 15) is 4.39 Å². The Morgan fingerprint density at radius 3 is 2.30 bits per heavy atom. The Labute approximate surface area is 56.9 Å². The zero-order valence-corrected chi connectivity index (χ0v) is 5.14. The van der Waals surface area contributed by atoms with Crippen LogP contribution in [0.5, 0.6) is 0 Å². The Balaban J connectivity index is 2.52. The first kappa shape index (κ1) is 7.87. The van der Waals surface area contributed by atoms with Gasteiger partial charge >= 0.3 is 0 Å². The molecule has 0 spiro atoms. The summed E-state index contributed by atoms with van der Waals surface area (Å²) in [6, 6.07) is 0. The van der Waals surface area contributed by atoms with Gasteiger partial charge in [0, 0.05) is 0 Å². The van der Waals surface area contributed by atoms with Crippen molar-refractivity contribution < 1.29 is 24.4 Å². The highest BCUT2D eigenvalue weighted by Gasteiger charge is 2.37. The van der Waals surface area contributed by atoms with Crippen LogP contribution in [0.25, 0.3) is 0 Å². The quantitative estimate of drug-likeness (QED) is 0.391. The van der Waals surface area contributed by atoms with E-state index in [1.807, 2.05) is 0 Å². The fourth-order valence-corrected chi connectivity index (χ4v) is 0.770. The first-order chi connectivity index (χ1) is 4.63. The second kappa shape index (κ2) is 2.79. The lowest BCUT2D eigenvalue weighted by Gasteiger charge is -2.30. The number of aliphatic hydroxyl groups is 3. The minimum atomic E-state index is -1.89. The lowest BCUT2D eigenvalue weighted by Crippen LogP contribution is -2.51. The maximum atomic E-state index is 12.3. The molecule has 0 radical (unpaired) electrons. The van der Waals surface area contributed by atoms with Gasteiger partial charge in [0.25, 0.3) is 0 Å². The maximum Gasteiger partial charge on any atom is 0.227 e. The van der Waals surface area contributed by atoms with Crippen molar-refractivity contribution in [2.24, 2.45) is 0 Å². The number of halogens is 1. The zero-order valence-electron chi connectivity index (χ0n) is 5.14. The van der Waals surface area contributed by atoms with Gasteiger partial charge in [-0.2, -0.15) is 0 Å². The average molecular weight is 152 g/mol. The van der Waals surface area contributed by atoms with Gasteiger partial charge in [0.2, 0.25) is 6.36 Å². The molecule has 0 bridgehead atoms. The van der Waals surface area contributed by atoms with E-state index in [0.29, 0.717) is 0 Å². The lowest BCUT2D eigenvalue weighted by atomic mass is 10.1. The van der Waals surface area contributed by atoms with E-state index in [1.165, 1.54) is 0 Å². The third-order valence-corrected chi connectivity index (χ3v) is 1.44. The van der Waals surface area contributed by atoms with E-state index < -0.39 is 24.7 Å². The van der Waals surface area contributed by atoms with Crippen LogP contribution in [0.4, 0.5) is 4.39 Å². The van der Waals surface area contributed by atoms with Gasteiger partial charge in [-0.15, -0.1) is 0 Å². The fraction of sp³-hybridized carbons (Fsp3) is 1.00. The van der Waals surface area contributed by atoms with E-state index in [-0.39, 0.29) is 6.61 Å². The molecule has 60 valence electrons. The van der Waals surface area contributed by atoms with E-state index >= 15 is 0 Å². The van der Waals surface area contributed by atoms with Crippen LogP contribution in [0, 0.1) is 0 Å². The van der Waals surface area contributed by atoms with Gasteiger partial charge in [-0.25, -0.2) is 4.39 Å². The number of rotatable bonds is 0. The molecule has 5 heteroatoms. The van der Waals surface area contributed by atoms with Gasteiger partial charge in [0.05, 0.1) is 6.61 Å². The van der Waals surface area contributed by atoms with Crippen molar-refractivity contribution in [3.63, 3.8) is 0 Å². The predicted molar refractivity (Wildman–Crippen MR) is 28.9 cm³/mol. The fourth-order valence-electron chi connectivity index (χ4n) is 0.770. The van der Waals surface area contributed by atoms with Crippen molar-refractivity contribution in [3.8, 4) is 0 Å². The lowest BCUT2D eigenvalue weighted by molar-refractivity contribution is -0.224. The largest absolute Gasteiger partial charge is 0.388 e. The second-order valence-electron chi connectivity index (χ2n) is 2.23. The maximum absolute atomic E-state index is 12.3. The van der Waals surface area contributed by atoms with Crippen LogP contribution in [0.15, 0.2) is 0 Å². The van der Waals surface area contributed by atoms with Crippen LogP contribution in [0.1, 0.15) is 0 Å². The minimum absolute atomic E-state index is 0.278. The molecule has 1 aliphatic rings. The first-order valence-corrected chi connectivity index (χ1v) is 2.93. The number of aliphatic hydroxyl groups excluding tert-OH is 3. The van der Waals surface area contributed by atoms with Gasteiger partial charge in [0.1, 0.15) is 18.3 Å². The van der Waals surface area contributed by atoms with Gasteiger partial charge in [-0.1, -0.05) is 0 Å². The number of alkyl halides is 1. The third-order valence-electron chi connectivity index (χ3n) is 1.44. The molecule has 0 aromatic rings. The minimum Gasteiger partial charge on any atom is -0.388 e. The van der Waals surface area contributed by atoms with Gasteiger partial charge in [0.15, 0.2) is 0 Å². The van der Waals surface area contributed by atoms with E-state index in [2.05, 4.69) is 4.74 Å². The number of hydrogen-bond acceptors (Lipinski definition) is 4. The Bertz CT molecular complexity index is 106. The summed E-state index contributed by atoms with van der Waals surface area (Å²) in [4.78, 5) is 0. The molecule has 1 unspecified atom stereocenters. The topological polar surface area (TPSA) is 69.9 Å². The molecule has 1 fully saturated rings.